The van der Waals surface area contributed by atoms with Gasteiger partial charge in [0.25, 0.3) is 5.91 Å². The van der Waals surface area contributed by atoms with Gasteiger partial charge >= 0.3 is 5.97 Å². The van der Waals surface area contributed by atoms with E-state index >= 15 is 0 Å². The Morgan fingerprint density at radius 3 is 2.40 bits per heavy atom. The van der Waals surface area contributed by atoms with Crippen molar-refractivity contribution in [2.24, 2.45) is 0 Å². The van der Waals surface area contributed by atoms with Gasteiger partial charge in [0, 0.05) is 23.7 Å². The predicted molar refractivity (Wildman–Crippen MR) is 74.2 cm³/mol. The topological polar surface area (TPSA) is 46.6 Å². The van der Waals surface area contributed by atoms with Gasteiger partial charge in [0.2, 0.25) is 6.23 Å². The summed E-state index contributed by atoms with van der Waals surface area (Å²) < 4.78 is 5.34. The van der Waals surface area contributed by atoms with Gasteiger partial charge in [-0.3, -0.25) is 14.5 Å². The Kier molecular flexibility index (Phi) is 2.99. The number of ether oxygens (including phenoxy) is 1. The zero-order valence-electron chi connectivity index (χ0n) is 10.9. The Bertz CT molecular complexity index is 666. The summed E-state index contributed by atoms with van der Waals surface area (Å²) in [5, 5.41) is 0. The molecule has 0 aromatic heterocycles. The fourth-order valence-corrected chi connectivity index (χ4v) is 2.40. The number of carbonyl (C=O) groups excluding carboxylic acids is 2. The molecule has 0 saturated carbocycles. The number of hydrogen-bond donors (Lipinski definition) is 0. The lowest BCUT2D eigenvalue weighted by Crippen LogP contribution is -2.30. The maximum absolute atomic E-state index is 12.5. The van der Waals surface area contributed by atoms with Crippen molar-refractivity contribution in [1.29, 1.82) is 0 Å². The summed E-state index contributed by atoms with van der Waals surface area (Å²) in [6.45, 7) is 1.34. The number of fused-ring (bicyclic) bond motifs is 1. The number of nitrogens with zero attached hydrogens (tertiary/aromatic N) is 1. The Labute approximate surface area is 116 Å². The minimum Gasteiger partial charge on any atom is -0.437 e. The summed E-state index contributed by atoms with van der Waals surface area (Å²) in [6, 6.07) is 16.4. The molecule has 20 heavy (non-hydrogen) atoms. The lowest BCUT2D eigenvalue weighted by atomic mass is 10.1. The molecular formula is C16H13NO3. The second-order valence-corrected chi connectivity index (χ2v) is 4.56. The molecule has 1 heterocycles. The molecule has 1 aliphatic rings. The Balaban J connectivity index is 2.10. The average molecular weight is 267 g/mol. The zero-order chi connectivity index (χ0) is 14.1. The molecule has 2 aromatic rings. The second-order valence-electron chi connectivity index (χ2n) is 4.56. The van der Waals surface area contributed by atoms with Gasteiger partial charge < -0.3 is 4.74 Å². The molecule has 0 radical (unpaired) electrons. The molecular weight excluding hydrogens is 254 g/mol. The van der Waals surface area contributed by atoms with Crippen molar-refractivity contribution < 1.29 is 14.3 Å². The Morgan fingerprint density at radius 2 is 1.70 bits per heavy atom. The molecule has 0 N–H and O–H groups in total. The highest BCUT2D eigenvalue weighted by Gasteiger charge is 2.39. The van der Waals surface area contributed by atoms with Gasteiger partial charge in [0.05, 0.1) is 0 Å². The predicted octanol–water partition coefficient (Wildman–Crippen LogP) is 2.91. The highest BCUT2D eigenvalue weighted by Crippen LogP contribution is 2.37. The van der Waals surface area contributed by atoms with E-state index in [1.54, 1.807) is 12.1 Å². The van der Waals surface area contributed by atoms with Gasteiger partial charge in [-0.25, -0.2) is 0 Å². The first-order valence-corrected chi connectivity index (χ1v) is 6.33. The summed E-state index contributed by atoms with van der Waals surface area (Å²) in [5.74, 6) is -0.571. The maximum atomic E-state index is 12.5. The van der Waals surface area contributed by atoms with Crippen LogP contribution in [0, 0.1) is 0 Å². The van der Waals surface area contributed by atoms with Crippen LogP contribution < -0.4 is 4.90 Å². The van der Waals surface area contributed by atoms with E-state index in [4.69, 9.17) is 4.74 Å². The van der Waals surface area contributed by atoms with Crippen LogP contribution in [-0.2, 0) is 9.53 Å². The average Bonchev–Trinajstić information content (AvgIpc) is 2.73. The second kappa shape index (κ2) is 4.81. The van der Waals surface area contributed by atoms with Crippen molar-refractivity contribution in [3.8, 4) is 0 Å². The number of carbonyl (C=O) groups is 2. The third kappa shape index (κ3) is 1.95. The number of para-hydroxylation sites is 1. The van der Waals surface area contributed by atoms with E-state index in [1.807, 2.05) is 42.5 Å². The van der Waals surface area contributed by atoms with E-state index in [1.165, 1.54) is 11.8 Å². The largest absolute Gasteiger partial charge is 0.437 e. The summed E-state index contributed by atoms with van der Waals surface area (Å²) in [5.41, 5.74) is 2.00. The lowest BCUT2D eigenvalue weighted by Gasteiger charge is -2.24. The van der Waals surface area contributed by atoms with Crippen LogP contribution in [0.3, 0.4) is 0 Å². The van der Waals surface area contributed by atoms with Crippen molar-refractivity contribution in [3.05, 3.63) is 65.7 Å². The van der Waals surface area contributed by atoms with Crippen LogP contribution in [-0.4, -0.2) is 11.9 Å². The maximum Gasteiger partial charge on any atom is 0.304 e. The molecule has 4 heteroatoms. The fraction of sp³-hybridized carbons (Fsp3) is 0.125. The van der Waals surface area contributed by atoms with E-state index in [0.29, 0.717) is 11.3 Å². The van der Waals surface area contributed by atoms with Crippen molar-refractivity contribution in [2.75, 3.05) is 4.90 Å². The van der Waals surface area contributed by atoms with Crippen LogP contribution >= 0.6 is 0 Å². The van der Waals surface area contributed by atoms with Crippen LogP contribution in [0.25, 0.3) is 0 Å². The highest BCUT2D eigenvalue weighted by molar-refractivity contribution is 6.10. The number of anilines is 1. The molecule has 1 atom stereocenters. The van der Waals surface area contributed by atoms with Gasteiger partial charge in [0.1, 0.15) is 0 Å². The Morgan fingerprint density at radius 1 is 1.05 bits per heavy atom. The van der Waals surface area contributed by atoms with Crippen molar-refractivity contribution >= 4 is 17.6 Å². The molecule has 1 aliphatic heterocycles. The molecule has 2 aromatic carbocycles. The SMILES string of the molecule is CC(=O)O[C@H]1c2ccccc2C(=O)N1c1ccccc1. The smallest absolute Gasteiger partial charge is 0.304 e. The number of hydrogen-bond acceptors (Lipinski definition) is 3. The van der Waals surface area contributed by atoms with Crippen LogP contribution in [0.4, 0.5) is 5.69 Å². The van der Waals surface area contributed by atoms with Crippen LogP contribution in [0.1, 0.15) is 29.1 Å². The first-order chi connectivity index (χ1) is 9.68. The fourth-order valence-electron chi connectivity index (χ4n) is 2.40. The van der Waals surface area contributed by atoms with E-state index in [-0.39, 0.29) is 5.91 Å². The lowest BCUT2D eigenvalue weighted by molar-refractivity contribution is -0.146. The minimum absolute atomic E-state index is 0.155. The molecule has 0 aliphatic carbocycles. The molecule has 0 fully saturated rings. The third-order valence-corrected chi connectivity index (χ3v) is 3.22. The number of esters is 1. The van der Waals surface area contributed by atoms with Crippen molar-refractivity contribution in [3.63, 3.8) is 0 Å². The molecule has 0 spiro atoms. The minimum atomic E-state index is -0.696. The van der Waals surface area contributed by atoms with Crippen molar-refractivity contribution in [1.82, 2.24) is 0 Å². The quantitative estimate of drug-likeness (QED) is 0.786. The monoisotopic (exact) mass is 267 g/mol. The van der Waals surface area contributed by atoms with Crippen molar-refractivity contribution in [2.45, 2.75) is 13.2 Å². The highest BCUT2D eigenvalue weighted by atomic mass is 16.6. The van der Waals surface area contributed by atoms with E-state index in [0.717, 1.165) is 5.56 Å². The van der Waals surface area contributed by atoms with Gasteiger partial charge in [-0.05, 0) is 18.2 Å². The first kappa shape index (κ1) is 12.4. The van der Waals surface area contributed by atoms with E-state index in [2.05, 4.69) is 0 Å². The third-order valence-electron chi connectivity index (χ3n) is 3.22. The Hall–Kier alpha value is -2.62. The summed E-state index contributed by atoms with van der Waals surface area (Å²) in [6.07, 6.45) is -0.696. The first-order valence-electron chi connectivity index (χ1n) is 6.33. The normalized spacial score (nSPS) is 16.9. The molecule has 100 valence electrons. The number of amides is 1. The molecule has 1 amide bonds. The summed E-state index contributed by atoms with van der Waals surface area (Å²) in [4.78, 5) is 25.4. The molecule has 0 bridgehead atoms. The van der Waals surface area contributed by atoms with Crippen LogP contribution in [0.15, 0.2) is 54.6 Å². The van der Waals surface area contributed by atoms with Gasteiger partial charge in [-0.15, -0.1) is 0 Å². The summed E-state index contributed by atoms with van der Waals surface area (Å²) >= 11 is 0. The van der Waals surface area contributed by atoms with Gasteiger partial charge in [-0.2, -0.15) is 0 Å². The van der Waals surface area contributed by atoms with E-state index < -0.39 is 12.2 Å². The van der Waals surface area contributed by atoms with Gasteiger partial charge in [0.15, 0.2) is 0 Å². The standard InChI is InChI=1S/C16H13NO3/c1-11(18)20-16-14-10-6-5-9-13(14)15(19)17(16)12-7-3-2-4-8-12/h2-10,16H,1H3/t16-/m0/s1. The molecule has 0 unspecified atom stereocenters. The van der Waals surface area contributed by atoms with E-state index in [9.17, 15) is 9.59 Å². The molecule has 3 rings (SSSR count). The van der Waals surface area contributed by atoms with Crippen LogP contribution in [0.5, 0.6) is 0 Å². The number of benzene rings is 2. The molecule has 4 nitrogen and oxygen atoms in total. The summed E-state index contributed by atoms with van der Waals surface area (Å²) in [7, 11) is 0. The number of rotatable bonds is 2. The van der Waals surface area contributed by atoms with Gasteiger partial charge in [-0.1, -0.05) is 36.4 Å². The molecule has 0 saturated heterocycles. The zero-order valence-corrected chi connectivity index (χ0v) is 10.9. The van der Waals surface area contributed by atoms with Crippen LogP contribution in [0.2, 0.25) is 0 Å².